The fourth-order valence-electron chi connectivity index (χ4n) is 3.90. The van der Waals surface area contributed by atoms with Gasteiger partial charge in [0.1, 0.15) is 13.2 Å². The fraction of sp³-hybridized carbons (Fsp3) is 0.261. The van der Waals surface area contributed by atoms with E-state index in [2.05, 4.69) is 33.3 Å². The number of nitrogens with zero attached hydrogens (tertiary/aromatic N) is 2. The highest BCUT2D eigenvalue weighted by Crippen LogP contribution is 2.34. The van der Waals surface area contributed by atoms with Crippen LogP contribution in [0.15, 0.2) is 54.7 Å². The van der Waals surface area contributed by atoms with Crippen LogP contribution in [0.25, 0.3) is 16.8 Å². The van der Waals surface area contributed by atoms with Gasteiger partial charge in [0.15, 0.2) is 11.5 Å². The second kappa shape index (κ2) is 7.93. The molecule has 0 saturated heterocycles. The van der Waals surface area contributed by atoms with Crippen LogP contribution in [0.3, 0.4) is 0 Å². The Hall–Kier alpha value is -2.76. The Balaban J connectivity index is 1.28. The van der Waals surface area contributed by atoms with E-state index < -0.39 is 0 Å². The largest absolute Gasteiger partial charge is 0.486 e. The number of rotatable bonds is 4. The molecule has 1 aromatic heterocycles. The third kappa shape index (κ3) is 3.88. The zero-order valence-corrected chi connectivity index (χ0v) is 16.8. The summed E-state index contributed by atoms with van der Waals surface area (Å²) in [6.07, 6.45) is 5.24. The van der Waals surface area contributed by atoms with E-state index in [4.69, 9.17) is 21.1 Å². The summed E-state index contributed by atoms with van der Waals surface area (Å²) in [5, 5.41) is 8.14. The van der Waals surface area contributed by atoms with Crippen LogP contribution in [0.5, 0.6) is 11.5 Å². The normalized spacial score (nSPS) is 16.5. The SMILES string of the molecule is Clc1ccc(-c2[nH]ncc2CN2CC=C(c3ccc4c(c3)OCCO4)CC2)cc1. The average molecular weight is 408 g/mol. The minimum Gasteiger partial charge on any atom is -0.486 e. The van der Waals surface area contributed by atoms with Gasteiger partial charge in [-0.25, -0.2) is 0 Å². The minimum atomic E-state index is 0.615. The van der Waals surface area contributed by atoms with Crippen LogP contribution in [-0.2, 0) is 6.54 Å². The molecule has 6 heteroatoms. The van der Waals surface area contributed by atoms with E-state index in [1.165, 1.54) is 16.7 Å². The predicted octanol–water partition coefficient (Wildman–Crippen LogP) is 4.79. The van der Waals surface area contributed by atoms with Crippen molar-refractivity contribution >= 4 is 17.2 Å². The van der Waals surface area contributed by atoms with Gasteiger partial charge in [0.05, 0.1) is 11.9 Å². The van der Waals surface area contributed by atoms with Gasteiger partial charge in [0, 0.05) is 30.2 Å². The highest BCUT2D eigenvalue weighted by molar-refractivity contribution is 6.30. The molecule has 2 aliphatic heterocycles. The second-order valence-electron chi connectivity index (χ2n) is 7.35. The summed E-state index contributed by atoms with van der Waals surface area (Å²) in [6, 6.07) is 14.1. The van der Waals surface area contributed by atoms with E-state index in [0.717, 1.165) is 53.8 Å². The molecule has 3 heterocycles. The molecule has 0 amide bonds. The average Bonchev–Trinajstić information content (AvgIpc) is 3.22. The van der Waals surface area contributed by atoms with Gasteiger partial charge >= 0.3 is 0 Å². The molecular formula is C23H22ClN3O2. The first-order valence-electron chi connectivity index (χ1n) is 9.86. The van der Waals surface area contributed by atoms with Crippen LogP contribution in [0.1, 0.15) is 17.5 Å². The molecule has 1 N–H and O–H groups in total. The summed E-state index contributed by atoms with van der Waals surface area (Å²) >= 11 is 6.02. The van der Waals surface area contributed by atoms with E-state index in [1.54, 1.807) is 0 Å². The molecule has 0 fully saturated rings. The lowest BCUT2D eigenvalue weighted by molar-refractivity contribution is 0.171. The number of hydrogen-bond acceptors (Lipinski definition) is 4. The summed E-state index contributed by atoms with van der Waals surface area (Å²) < 4.78 is 11.4. The second-order valence-corrected chi connectivity index (χ2v) is 7.79. The van der Waals surface area contributed by atoms with Gasteiger partial charge in [-0.2, -0.15) is 5.10 Å². The molecule has 0 saturated carbocycles. The lowest BCUT2D eigenvalue weighted by Crippen LogP contribution is -2.28. The van der Waals surface area contributed by atoms with Gasteiger partial charge < -0.3 is 9.47 Å². The number of H-pyrrole nitrogens is 1. The van der Waals surface area contributed by atoms with E-state index in [9.17, 15) is 0 Å². The lowest BCUT2D eigenvalue weighted by atomic mass is 9.98. The maximum atomic E-state index is 6.02. The molecule has 2 aromatic carbocycles. The molecule has 0 atom stereocenters. The smallest absolute Gasteiger partial charge is 0.161 e. The van der Waals surface area contributed by atoms with Crippen molar-refractivity contribution in [2.24, 2.45) is 0 Å². The Bertz CT molecular complexity index is 1040. The quantitative estimate of drug-likeness (QED) is 0.675. The van der Waals surface area contributed by atoms with Crippen molar-refractivity contribution in [3.05, 3.63) is 70.9 Å². The van der Waals surface area contributed by atoms with Crippen LogP contribution in [-0.4, -0.2) is 41.4 Å². The Morgan fingerprint density at radius 1 is 1.00 bits per heavy atom. The number of hydrogen-bond donors (Lipinski definition) is 1. The Labute approximate surface area is 174 Å². The van der Waals surface area contributed by atoms with Gasteiger partial charge in [0.2, 0.25) is 0 Å². The summed E-state index contributed by atoms with van der Waals surface area (Å²) in [7, 11) is 0. The predicted molar refractivity (Wildman–Crippen MR) is 114 cm³/mol. The van der Waals surface area contributed by atoms with Gasteiger partial charge in [-0.15, -0.1) is 0 Å². The molecule has 3 aromatic rings. The molecule has 0 radical (unpaired) electrons. The first-order chi connectivity index (χ1) is 14.3. The molecule has 29 heavy (non-hydrogen) atoms. The van der Waals surface area contributed by atoms with Crippen LogP contribution >= 0.6 is 11.6 Å². The molecule has 0 bridgehead atoms. The number of benzene rings is 2. The Morgan fingerprint density at radius 3 is 2.59 bits per heavy atom. The van der Waals surface area contributed by atoms with Crippen molar-refractivity contribution < 1.29 is 9.47 Å². The number of halogens is 1. The lowest BCUT2D eigenvalue weighted by Gasteiger charge is -2.27. The zero-order chi connectivity index (χ0) is 19.6. The summed E-state index contributed by atoms with van der Waals surface area (Å²) in [5.41, 5.74) is 5.95. The highest BCUT2D eigenvalue weighted by Gasteiger charge is 2.18. The summed E-state index contributed by atoms with van der Waals surface area (Å²) in [6.45, 7) is 4.01. The maximum absolute atomic E-state index is 6.02. The first-order valence-corrected chi connectivity index (χ1v) is 10.2. The van der Waals surface area contributed by atoms with Crippen molar-refractivity contribution in [2.75, 3.05) is 26.3 Å². The maximum Gasteiger partial charge on any atom is 0.161 e. The number of aromatic amines is 1. The van der Waals surface area contributed by atoms with E-state index >= 15 is 0 Å². The van der Waals surface area contributed by atoms with Crippen LogP contribution in [0, 0.1) is 0 Å². The van der Waals surface area contributed by atoms with Crippen molar-refractivity contribution in [3.63, 3.8) is 0 Å². The van der Waals surface area contributed by atoms with Crippen LogP contribution in [0.4, 0.5) is 0 Å². The van der Waals surface area contributed by atoms with E-state index in [1.807, 2.05) is 36.5 Å². The zero-order valence-electron chi connectivity index (χ0n) is 16.0. The van der Waals surface area contributed by atoms with Crippen molar-refractivity contribution in [1.29, 1.82) is 0 Å². The number of fused-ring (bicyclic) bond motifs is 1. The van der Waals surface area contributed by atoms with Gasteiger partial charge in [-0.1, -0.05) is 35.9 Å². The summed E-state index contributed by atoms with van der Waals surface area (Å²) in [5.74, 6) is 1.69. The Kier molecular flexibility index (Phi) is 5.00. The van der Waals surface area contributed by atoms with E-state index in [-0.39, 0.29) is 0 Å². The standard InChI is InChI=1S/C23H22ClN3O2/c24-20-4-1-17(2-5-20)23-19(14-25-26-23)15-27-9-7-16(8-10-27)18-3-6-21-22(13-18)29-12-11-28-21/h1-7,13-14H,8-12,15H2,(H,25,26). The van der Waals surface area contributed by atoms with Crippen LogP contribution in [0.2, 0.25) is 5.02 Å². The number of aromatic nitrogens is 2. The van der Waals surface area contributed by atoms with Gasteiger partial charge in [0.25, 0.3) is 0 Å². The molecule has 2 aliphatic rings. The fourth-order valence-corrected chi connectivity index (χ4v) is 4.02. The van der Waals surface area contributed by atoms with Crippen molar-refractivity contribution in [1.82, 2.24) is 15.1 Å². The molecule has 5 nitrogen and oxygen atoms in total. The molecule has 148 valence electrons. The first kappa shape index (κ1) is 18.3. The van der Waals surface area contributed by atoms with Crippen molar-refractivity contribution in [2.45, 2.75) is 13.0 Å². The third-order valence-electron chi connectivity index (χ3n) is 5.45. The van der Waals surface area contributed by atoms with Crippen molar-refractivity contribution in [3.8, 4) is 22.8 Å². The molecular weight excluding hydrogens is 386 g/mol. The molecule has 0 aliphatic carbocycles. The summed E-state index contributed by atoms with van der Waals surface area (Å²) in [4.78, 5) is 2.44. The molecule has 5 rings (SSSR count). The number of ether oxygens (including phenoxy) is 2. The monoisotopic (exact) mass is 407 g/mol. The Morgan fingerprint density at radius 2 is 1.79 bits per heavy atom. The van der Waals surface area contributed by atoms with E-state index in [0.29, 0.717) is 13.2 Å². The highest BCUT2D eigenvalue weighted by atomic mass is 35.5. The van der Waals surface area contributed by atoms with Gasteiger partial charge in [-0.3, -0.25) is 10.00 Å². The minimum absolute atomic E-state index is 0.615. The molecule has 0 unspecified atom stereocenters. The molecule has 0 spiro atoms. The third-order valence-corrected chi connectivity index (χ3v) is 5.70. The topological polar surface area (TPSA) is 50.4 Å². The number of nitrogens with one attached hydrogen (secondary N) is 1. The van der Waals surface area contributed by atoms with Gasteiger partial charge in [-0.05, 0) is 47.4 Å². The van der Waals surface area contributed by atoms with Crippen LogP contribution < -0.4 is 9.47 Å².